The van der Waals surface area contributed by atoms with Gasteiger partial charge in [0.05, 0.1) is 37.5 Å². The summed E-state index contributed by atoms with van der Waals surface area (Å²) in [5.41, 5.74) is 6.14. The summed E-state index contributed by atoms with van der Waals surface area (Å²) in [7, 11) is 1.31. The van der Waals surface area contributed by atoms with E-state index in [1.165, 1.54) is 55.0 Å². The van der Waals surface area contributed by atoms with Crippen molar-refractivity contribution >= 4 is 82.8 Å². The SMILES string of the molecule is C/C=C1\NC(=O)[C@H](CO)NC(=O)[C@@H]([C@H](C)CC)NC(=O)[C@@H]2CCCN2C(=O)[C@@H]2CCCN2C(=O)CNC(=O)[C@@H](CCC(N)=O)NC(=O)C(O)C(CC(CC(O)C(O)C(C)CC)OC(=O)[C@H](Cc2ccc(O)cc2)N(C)C(C)=O)NC(=O)[C@@H]2CCCN2C(=O)[C@H](CCc2ccccc2)NC(=O)[C@H]([C@@H](C)O)NC1=O. The van der Waals surface area contributed by atoms with Crippen molar-refractivity contribution in [2.75, 3.05) is 39.8 Å². The minimum Gasteiger partial charge on any atom is -0.508 e. The van der Waals surface area contributed by atoms with Gasteiger partial charge in [0, 0.05) is 59.3 Å². The molecule has 0 aliphatic carbocycles. The molecule has 0 radical (unpaired) electrons. The second kappa shape index (κ2) is 40.9. The van der Waals surface area contributed by atoms with E-state index in [9.17, 15) is 88.2 Å². The molecule has 4 heterocycles. The molecule has 590 valence electrons. The number of benzene rings is 2. The van der Waals surface area contributed by atoms with Crippen LogP contribution in [-0.4, -0.2) is 264 Å². The highest BCUT2D eigenvalue weighted by Crippen LogP contribution is 2.28. The van der Waals surface area contributed by atoms with Crippen LogP contribution >= 0.6 is 0 Å². The third kappa shape index (κ3) is 23.9. The lowest BCUT2D eigenvalue weighted by atomic mass is 9.91. The van der Waals surface area contributed by atoms with Crippen LogP contribution in [0.4, 0.5) is 0 Å². The molecule has 6 rings (SSSR count). The van der Waals surface area contributed by atoms with E-state index in [2.05, 4.69) is 42.5 Å². The molecule has 2 aromatic carbocycles. The van der Waals surface area contributed by atoms with Crippen molar-refractivity contribution in [2.45, 2.75) is 236 Å². The van der Waals surface area contributed by atoms with Crippen molar-refractivity contribution in [3.05, 3.63) is 77.5 Å². The highest BCUT2D eigenvalue weighted by molar-refractivity contribution is 6.03. The fourth-order valence-corrected chi connectivity index (χ4v) is 13.4. The fraction of sp³-hybridized carbons (Fsp3) is 0.616. The molecular weight excluding hydrogens is 1390 g/mol. The molecule has 107 heavy (non-hydrogen) atoms. The number of aryl methyl sites for hydroxylation is 1. The highest BCUT2D eigenvalue weighted by Gasteiger charge is 2.46. The first-order valence-electron chi connectivity index (χ1n) is 36.6. The lowest BCUT2D eigenvalue weighted by molar-refractivity contribution is -0.162. The highest BCUT2D eigenvalue weighted by atomic mass is 16.5. The zero-order valence-corrected chi connectivity index (χ0v) is 61.9. The van der Waals surface area contributed by atoms with Crippen LogP contribution < -0.4 is 48.3 Å². The number of rotatable bonds is 22. The number of nitrogens with one attached hydrogen (secondary N) is 8. The Kier molecular flexibility index (Phi) is 33.0. The van der Waals surface area contributed by atoms with Crippen molar-refractivity contribution < 1.29 is 102 Å². The number of ether oxygens (including phenoxy) is 1. The van der Waals surface area contributed by atoms with Crippen molar-refractivity contribution in [3.8, 4) is 5.75 Å². The van der Waals surface area contributed by atoms with Gasteiger partial charge in [-0.1, -0.05) is 89.1 Å². The summed E-state index contributed by atoms with van der Waals surface area (Å²) in [4.78, 5) is 204. The zero-order chi connectivity index (χ0) is 79.1. The van der Waals surface area contributed by atoms with Crippen LogP contribution in [0.3, 0.4) is 0 Å². The Morgan fingerprint density at radius 3 is 1.82 bits per heavy atom. The van der Waals surface area contributed by atoms with Crippen LogP contribution in [0, 0.1) is 11.8 Å². The Balaban J connectivity index is 1.45. The van der Waals surface area contributed by atoms with Crippen LogP contribution in [-0.2, 0) is 84.7 Å². The number of phenols is 1. The topological polar surface area (TPSA) is 505 Å². The van der Waals surface area contributed by atoms with Gasteiger partial charge in [0.1, 0.15) is 71.9 Å². The molecule has 4 saturated heterocycles. The number of carbonyl (C=O) groups excluding carboxylic acids is 14. The lowest BCUT2D eigenvalue weighted by Crippen LogP contribution is -2.61. The number of hydrogen-bond donors (Lipinski definition) is 15. The molecule has 0 saturated carbocycles. The maximum atomic E-state index is 15.3. The van der Waals surface area contributed by atoms with Gasteiger partial charge < -0.3 is 103 Å². The molecule has 34 nitrogen and oxygen atoms in total. The molecule has 16 N–H and O–H groups in total. The summed E-state index contributed by atoms with van der Waals surface area (Å²) in [5.74, 6) is -15.0. The number of hydrogen-bond acceptors (Lipinski definition) is 21. The Labute approximate surface area is 621 Å². The molecule has 0 aromatic heterocycles. The number of carbonyl (C=O) groups is 14. The Hall–Kier alpha value is -9.64. The van der Waals surface area contributed by atoms with Gasteiger partial charge in [-0.2, -0.15) is 0 Å². The van der Waals surface area contributed by atoms with Crippen molar-refractivity contribution in [3.63, 3.8) is 0 Å². The largest absolute Gasteiger partial charge is 0.508 e. The molecule has 0 spiro atoms. The summed E-state index contributed by atoms with van der Waals surface area (Å²) in [6.07, 6.45) is -9.30. The van der Waals surface area contributed by atoms with Crippen LogP contribution in [0.5, 0.6) is 5.75 Å². The Bertz CT molecular complexity index is 3510. The van der Waals surface area contributed by atoms with E-state index in [0.717, 1.165) is 22.8 Å². The maximum Gasteiger partial charge on any atom is 0.329 e. The maximum absolute atomic E-state index is 15.3. The number of aromatic hydroxyl groups is 1. The Morgan fingerprint density at radius 1 is 0.664 bits per heavy atom. The molecule has 13 amide bonds. The van der Waals surface area contributed by atoms with E-state index in [-0.39, 0.29) is 70.3 Å². The number of aliphatic hydroxyl groups is 5. The van der Waals surface area contributed by atoms with Gasteiger partial charge >= 0.3 is 5.97 Å². The monoisotopic (exact) mass is 1500 g/mol. The van der Waals surface area contributed by atoms with E-state index in [1.807, 2.05) is 0 Å². The van der Waals surface area contributed by atoms with Crippen LogP contribution in [0.2, 0.25) is 0 Å². The lowest BCUT2D eigenvalue weighted by Gasteiger charge is -2.34. The second-order valence-corrected chi connectivity index (χ2v) is 28.0. The van der Waals surface area contributed by atoms with Crippen LogP contribution in [0.15, 0.2) is 66.4 Å². The number of nitrogens with zero attached hydrogens (tertiary/aromatic N) is 4. The van der Waals surface area contributed by atoms with Gasteiger partial charge in [-0.05, 0) is 107 Å². The predicted octanol–water partition coefficient (Wildman–Crippen LogP) is -3.05. The van der Waals surface area contributed by atoms with E-state index in [1.54, 1.807) is 58.0 Å². The number of amides is 13. The molecule has 2 aromatic rings. The number of likely N-dealkylation sites (N-methyl/N-ethyl adjacent to an activating group) is 1. The number of aliphatic hydroxyl groups excluding tert-OH is 5. The Morgan fingerprint density at radius 2 is 1.24 bits per heavy atom. The standard InChI is InChI=1S/C73H107N13O21/c1-9-39(4)59-68(101)80-51(38-87)65(98)76-47(11-3)64(97)82-60(41(6)88)69(102)78-49(28-25-43-18-13-12-14-19-43)71(104)85-32-15-20-52(85)66(99)79-50(35-46(36-56(91)61(94)40(5)10-2)107-73(106)55(83(8)42(7)89)34-44-23-26-45(90)27-24-44)62(95)70(103)77-48(29-30-57(74)92)63(96)75-37-58(93)84-31-17-22-54(84)72(105)86-33-16-21-53(86)67(100)81-59/h11-14,18-19,23-24,26-27,39-41,46,48-56,59-62,87-88,90-91,94-95H,9-10,15-17,20-22,25,28-38H2,1-8H3,(H2,74,92)(H,75,96)(H,76,98)(H,77,103)(H,78,102)(H,79,99)(H,80,101)(H,81,100)(H,82,97)/b47-11-/t39-,40?,41-,46?,48-,49+,50?,51+,52+,53+,54+,55+,56?,59-,60+,61?,62?/m1/s1. The van der Waals surface area contributed by atoms with Gasteiger partial charge in [-0.15, -0.1) is 0 Å². The van der Waals surface area contributed by atoms with E-state index < -0.39 is 230 Å². The average molecular weight is 1500 g/mol. The minimum absolute atomic E-state index is 0.0179. The summed E-state index contributed by atoms with van der Waals surface area (Å²) >= 11 is 0. The van der Waals surface area contributed by atoms with E-state index in [0.29, 0.717) is 36.8 Å². The van der Waals surface area contributed by atoms with Gasteiger partial charge in [0.25, 0.3) is 11.8 Å². The molecule has 4 aliphatic rings. The molecule has 4 fully saturated rings. The summed E-state index contributed by atoms with van der Waals surface area (Å²) in [6, 6.07) is -1.23. The third-order valence-corrected chi connectivity index (χ3v) is 20.4. The van der Waals surface area contributed by atoms with Crippen LogP contribution in [0.1, 0.15) is 143 Å². The smallest absolute Gasteiger partial charge is 0.329 e. The van der Waals surface area contributed by atoms with Crippen LogP contribution in [0.25, 0.3) is 0 Å². The first-order valence-corrected chi connectivity index (χ1v) is 36.6. The van der Waals surface area contributed by atoms with E-state index >= 15 is 9.59 Å². The number of nitrogens with two attached hydrogens (primary N) is 1. The minimum atomic E-state index is -2.51. The van der Waals surface area contributed by atoms with Crippen molar-refractivity contribution in [2.24, 2.45) is 17.6 Å². The van der Waals surface area contributed by atoms with E-state index in [4.69, 9.17) is 10.5 Å². The summed E-state index contributed by atoms with van der Waals surface area (Å²) in [5, 5.41) is 87.2. The van der Waals surface area contributed by atoms with Crippen molar-refractivity contribution in [1.29, 1.82) is 0 Å². The number of fused-ring (bicyclic) bond motifs is 3. The average Bonchev–Trinajstić information content (AvgIpc) is 1.70. The predicted molar refractivity (Wildman–Crippen MR) is 383 cm³/mol. The summed E-state index contributed by atoms with van der Waals surface area (Å²) in [6.45, 7) is 8.47. The fourth-order valence-electron chi connectivity index (χ4n) is 13.4. The normalized spacial score (nSPS) is 26.3. The molecule has 34 heteroatoms. The third-order valence-electron chi connectivity index (χ3n) is 20.4. The molecular formula is C73H107N13O21. The molecule has 4 aliphatic heterocycles. The van der Waals surface area contributed by atoms with Gasteiger partial charge in [-0.25, -0.2) is 4.79 Å². The quantitative estimate of drug-likeness (QED) is 0.0411. The number of primary amides is 1. The number of esters is 1. The van der Waals surface area contributed by atoms with Gasteiger partial charge in [0.15, 0.2) is 6.10 Å². The number of phenolic OH excluding ortho intramolecular Hbond substituents is 1. The first kappa shape index (κ1) is 86.3. The van der Waals surface area contributed by atoms with Gasteiger partial charge in [0.2, 0.25) is 65.0 Å². The summed E-state index contributed by atoms with van der Waals surface area (Å²) < 4.78 is 6.13. The van der Waals surface area contributed by atoms with Gasteiger partial charge in [-0.3, -0.25) is 62.3 Å². The molecule has 17 atom stereocenters. The molecule has 6 unspecified atom stereocenters. The zero-order valence-electron chi connectivity index (χ0n) is 61.9. The number of allylic oxidation sites excluding steroid dienone is 1. The molecule has 0 bridgehead atoms. The van der Waals surface area contributed by atoms with Crippen molar-refractivity contribution in [1.82, 2.24) is 62.1 Å². The second-order valence-electron chi connectivity index (χ2n) is 28.0. The first-order chi connectivity index (χ1) is 50.7.